The Morgan fingerprint density at radius 2 is 2.03 bits per heavy atom. The average molecular weight is 522 g/mol. The van der Waals surface area contributed by atoms with Crippen LogP contribution in [0.15, 0.2) is 61.1 Å². The Morgan fingerprint density at radius 1 is 1.14 bits per heavy atom. The summed E-state index contributed by atoms with van der Waals surface area (Å²) in [4.78, 5) is 11.1. The summed E-state index contributed by atoms with van der Waals surface area (Å²) >= 11 is 1.40. The number of hydrogen-bond donors (Lipinski definition) is 2. The molecule has 0 aliphatic rings. The standard InChI is InChI=1S/C26H25F2N7OS/c1-34(11-12-36)16-18-5-6-19(27)14-21(18)20-4-2-3-17-13-23(37-25(17)20)24-22(28)15-30-26(32-24)29-7-9-35-10-8-31-33-35/h2-6,8,10,13-15,36H,7,9,11-12,16H2,1H3,(H,29,30,32). The van der Waals surface area contributed by atoms with Crippen LogP contribution >= 0.6 is 11.3 Å². The number of benzene rings is 2. The van der Waals surface area contributed by atoms with E-state index in [0.29, 0.717) is 37.0 Å². The molecule has 0 radical (unpaired) electrons. The summed E-state index contributed by atoms with van der Waals surface area (Å²) in [7, 11) is 1.91. The van der Waals surface area contributed by atoms with Crippen molar-refractivity contribution < 1.29 is 13.9 Å². The lowest BCUT2D eigenvalue weighted by Crippen LogP contribution is -2.21. The van der Waals surface area contributed by atoms with E-state index in [-0.39, 0.29) is 18.1 Å². The van der Waals surface area contributed by atoms with E-state index < -0.39 is 5.82 Å². The molecule has 8 nitrogen and oxygen atoms in total. The average Bonchev–Trinajstić information content (AvgIpc) is 3.56. The Kier molecular flexibility index (Phi) is 7.45. The highest BCUT2D eigenvalue weighted by Crippen LogP contribution is 2.40. The number of hydrogen-bond acceptors (Lipinski definition) is 8. The first-order valence-corrected chi connectivity index (χ1v) is 12.5. The third-order valence-corrected chi connectivity index (χ3v) is 7.09. The fourth-order valence-electron chi connectivity index (χ4n) is 4.13. The molecule has 2 N–H and O–H groups in total. The van der Waals surface area contributed by atoms with Crippen molar-refractivity contribution in [3.05, 3.63) is 78.3 Å². The molecule has 0 aliphatic carbocycles. The van der Waals surface area contributed by atoms with Crippen LogP contribution in [0.1, 0.15) is 5.56 Å². The van der Waals surface area contributed by atoms with Crippen LogP contribution < -0.4 is 5.32 Å². The lowest BCUT2D eigenvalue weighted by Gasteiger charge is -2.18. The zero-order valence-corrected chi connectivity index (χ0v) is 20.9. The summed E-state index contributed by atoms with van der Waals surface area (Å²) in [5.74, 6) is -0.540. The molecule has 3 heterocycles. The van der Waals surface area contributed by atoms with Crippen molar-refractivity contribution in [2.45, 2.75) is 13.1 Å². The Labute approximate surface area is 216 Å². The van der Waals surface area contributed by atoms with Gasteiger partial charge in [0.25, 0.3) is 0 Å². The van der Waals surface area contributed by atoms with E-state index in [0.717, 1.165) is 33.0 Å². The van der Waals surface area contributed by atoms with Crippen LogP contribution in [0.2, 0.25) is 0 Å². The minimum atomic E-state index is -0.521. The SMILES string of the molecule is CN(CCO)Cc1ccc(F)cc1-c1cccc2cc(-c3nc(NCCn4ccnn4)ncc3F)sc12. The molecule has 5 aromatic rings. The number of halogens is 2. The first-order valence-electron chi connectivity index (χ1n) is 11.7. The fraction of sp³-hybridized carbons (Fsp3) is 0.231. The molecule has 11 heteroatoms. The van der Waals surface area contributed by atoms with Gasteiger partial charge in [-0.15, -0.1) is 16.4 Å². The molecule has 0 atom stereocenters. The minimum absolute atomic E-state index is 0.0404. The van der Waals surface area contributed by atoms with Crippen molar-refractivity contribution in [3.8, 4) is 21.7 Å². The zero-order valence-electron chi connectivity index (χ0n) is 20.1. The number of fused-ring (bicyclic) bond motifs is 1. The molecule has 37 heavy (non-hydrogen) atoms. The number of aliphatic hydroxyl groups excluding tert-OH is 1. The molecule has 190 valence electrons. The highest BCUT2D eigenvalue weighted by atomic mass is 32.1. The molecule has 5 rings (SSSR count). The minimum Gasteiger partial charge on any atom is -0.395 e. The van der Waals surface area contributed by atoms with Crippen LogP contribution in [0.3, 0.4) is 0 Å². The van der Waals surface area contributed by atoms with Crippen LogP contribution in [0, 0.1) is 11.6 Å². The van der Waals surface area contributed by atoms with Gasteiger partial charge < -0.3 is 10.4 Å². The van der Waals surface area contributed by atoms with Crippen molar-refractivity contribution >= 4 is 27.4 Å². The van der Waals surface area contributed by atoms with E-state index in [2.05, 4.69) is 25.6 Å². The number of likely N-dealkylation sites (N-methyl/N-ethyl adjacent to an activating group) is 1. The molecule has 0 unspecified atom stereocenters. The highest BCUT2D eigenvalue weighted by Gasteiger charge is 2.17. The number of nitrogens with zero attached hydrogens (tertiary/aromatic N) is 6. The second kappa shape index (κ2) is 11.1. The molecule has 0 saturated carbocycles. The van der Waals surface area contributed by atoms with Gasteiger partial charge in [0, 0.05) is 30.5 Å². The Morgan fingerprint density at radius 3 is 2.84 bits per heavy atom. The first kappa shape index (κ1) is 24.9. The van der Waals surface area contributed by atoms with E-state index in [1.54, 1.807) is 23.1 Å². The van der Waals surface area contributed by atoms with Gasteiger partial charge >= 0.3 is 0 Å². The number of aromatic nitrogens is 5. The fourth-order valence-corrected chi connectivity index (χ4v) is 5.31. The van der Waals surface area contributed by atoms with Gasteiger partial charge in [0.2, 0.25) is 5.95 Å². The maximum Gasteiger partial charge on any atom is 0.223 e. The van der Waals surface area contributed by atoms with E-state index in [1.807, 2.05) is 36.2 Å². The predicted molar refractivity (Wildman–Crippen MR) is 140 cm³/mol. The summed E-state index contributed by atoms with van der Waals surface area (Å²) < 4.78 is 31.8. The maximum atomic E-state index is 14.8. The highest BCUT2D eigenvalue weighted by molar-refractivity contribution is 7.22. The van der Waals surface area contributed by atoms with E-state index in [4.69, 9.17) is 0 Å². The Hall–Kier alpha value is -3.80. The molecule has 3 aromatic heterocycles. The molecule has 0 aliphatic heterocycles. The number of thiophene rings is 1. The monoisotopic (exact) mass is 521 g/mol. The van der Waals surface area contributed by atoms with Crippen LogP contribution in [-0.2, 0) is 13.1 Å². The van der Waals surface area contributed by atoms with Crippen LogP contribution in [0.25, 0.3) is 31.8 Å². The summed E-state index contributed by atoms with van der Waals surface area (Å²) in [6.45, 7) is 2.16. The number of aliphatic hydroxyl groups is 1. The predicted octanol–water partition coefficient (Wildman–Crippen LogP) is 4.43. The van der Waals surface area contributed by atoms with Gasteiger partial charge in [0.05, 0.1) is 30.4 Å². The van der Waals surface area contributed by atoms with Gasteiger partial charge in [-0.05, 0) is 47.3 Å². The number of nitrogens with one attached hydrogen (secondary N) is 1. The van der Waals surface area contributed by atoms with Crippen LogP contribution in [0.4, 0.5) is 14.7 Å². The smallest absolute Gasteiger partial charge is 0.223 e. The molecule has 0 bridgehead atoms. The Balaban J connectivity index is 1.48. The Bertz CT molecular complexity index is 1510. The summed E-state index contributed by atoms with van der Waals surface area (Å²) in [6, 6.07) is 12.4. The van der Waals surface area contributed by atoms with Crippen molar-refractivity contribution in [3.63, 3.8) is 0 Å². The van der Waals surface area contributed by atoms with Gasteiger partial charge in [0.15, 0.2) is 5.82 Å². The van der Waals surface area contributed by atoms with Crippen LogP contribution in [0.5, 0.6) is 0 Å². The number of rotatable bonds is 10. The largest absolute Gasteiger partial charge is 0.395 e. The van der Waals surface area contributed by atoms with Gasteiger partial charge in [-0.25, -0.2) is 18.7 Å². The van der Waals surface area contributed by atoms with Gasteiger partial charge in [0.1, 0.15) is 11.5 Å². The molecule has 2 aromatic carbocycles. The van der Waals surface area contributed by atoms with Crippen molar-refractivity contribution in [1.82, 2.24) is 29.9 Å². The van der Waals surface area contributed by atoms with Crippen LogP contribution in [-0.4, -0.2) is 61.7 Å². The first-order chi connectivity index (χ1) is 18.0. The maximum absolute atomic E-state index is 14.8. The second-order valence-electron chi connectivity index (χ2n) is 8.58. The van der Waals surface area contributed by atoms with E-state index >= 15 is 0 Å². The normalized spacial score (nSPS) is 11.5. The molecular formula is C26H25F2N7OS. The van der Waals surface area contributed by atoms with Gasteiger partial charge in [-0.3, -0.25) is 9.58 Å². The zero-order chi connectivity index (χ0) is 25.8. The number of anilines is 1. The molecule has 0 saturated heterocycles. The summed E-state index contributed by atoms with van der Waals surface area (Å²) in [6.07, 6.45) is 4.51. The third-order valence-electron chi connectivity index (χ3n) is 5.90. The molecular weight excluding hydrogens is 496 g/mol. The topological polar surface area (TPSA) is 92.0 Å². The van der Waals surface area contributed by atoms with Gasteiger partial charge in [-0.1, -0.05) is 29.5 Å². The van der Waals surface area contributed by atoms with Gasteiger partial charge in [-0.2, -0.15) is 0 Å². The third kappa shape index (κ3) is 5.63. The lowest BCUT2D eigenvalue weighted by atomic mass is 9.98. The summed E-state index contributed by atoms with van der Waals surface area (Å²) in [5, 5.41) is 21.0. The second-order valence-corrected chi connectivity index (χ2v) is 9.63. The quantitative estimate of drug-likeness (QED) is 0.281. The summed E-state index contributed by atoms with van der Waals surface area (Å²) in [5.41, 5.74) is 2.77. The molecule has 0 spiro atoms. The van der Waals surface area contributed by atoms with Crippen molar-refractivity contribution in [1.29, 1.82) is 0 Å². The molecule has 0 fully saturated rings. The van der Waals surface area contributed by atoms with Crippen molar-refractivity contribution in [2.24, 2.45) is 0 Å². The van der Waals surface area contributed by atoms with E-state index in [9.17, 15) is 13.9 Å². The lowest BCUT2D eigenvalue weighted by molar-refractivity contribution is 0.217. The molecule has 0 amide bonds. The van der Waals surface area contributed by atoms with Crippen molar-refractivity contribution in [2.75, 3.05) is 32.1 Å². The van der Waals surface area contributed by atoms with E-state index in [1.165, 1.54) is 23.5 Å².